The lowest BCUT2D eigenvalue weighted by molar-refractivity contribution is 0.289. The van der Waals surface area contributed by atoms with Gasteiger partial charge in [0.25, 0.3) is 0 Å². The molecule has 0 unspecified atom stereocenters. The van der Waals surface area contributed by atoms with Crippen LogP contribution in [0.25, 0.3) is 0 Å². The van der Waals surface area contributed by atoms with Gasteiger partial charge in [-0.25, -0.2) is 0 Å². The maximum atomic E-state index is 8.18. The minimum Gasteiger partial charge on any atom is -0.358 e. The molecule has 0 aromatic rings. The van der Waals surface area contributed by atoms with Crippen molar-refractivity contribution in [3.05, 3.63) is 0 Å². The van der Waals surface area contributed by atoms with Crippen LogP contribution in [0.4, 0.5) is 0 Å². The molecule has 1 aliphatic rings. The zero-order valence-electron chi connectivity index (χ0n) is 11.3. The van der Waals surface area contributed by atoms with Crippen LogP contribution in [0.1, 0.15) is 65.7 Å². The van der Waals surface area contributed by atoms with Crippen LogP contribution in [-0.4, -0.2) is 23.3 Å². The van der Waals surface area contributed by atoms with Crippen molar-refractivity contribution < 1.29 is 0 Å². The van der Waals surface area contributed by atoms with Crippen molar-refractivity contribution in [3.63, 3.8) is 0 Å². The van der Waals surface area contributed by atoms with Gasteiger partial charge >= 0.3 is 0 Å². The maximum absolute atomic E-state index is 8.18. The first-order chi connectivity index (χ1) is 7.65. The average molecular weight is 224 g/mol. The SMILES string of the molecule is CCCC(=N)N(CCC(C)C)C1CCCC1. The summed E-state index contributed by atoms with van der Waals surface area (Å²) in [4.78, 5) is 2.40. The van der Waals surface area contributed by atoms with E-state index in [1.165, 1.54) is 32.1 Å². The molecule has 1 saturated carbocycles. The van der Waals surface area contributed by atoms with Crippen LogP contribution in [0.3, 0.4) is 0 Å². The molecular weight excluding hydrogens is 196 g/mol. The fourth-order valence-corrected chi connectivity index (χ4v) is 2.53. The lowest BCUT2D eigenvalue weighted by Crippen LogP contribution is -2.39. The molecule has 0 radical (unpaired) electrons. The van der Waals surface area contributed by atoms with Gasteiger partial charge in [0.2, 0.25) is 0 Å². The Kier molecular flexibility index (Phi) is 5.86. The molecule has 0 aromatic carbocycles. The summed E-state index contributed by atoms with van der Waals surface area (Å²) < 4.78 is 0. The Bertz CT molecular complexity index is 205. The third-order valence-electron chi connectivity index (χ3n) is 3.55. The first-order valence-electron chi connectivity index (χ1n) is 6.99. The molecular formula is C14H28N2. The second kappa shape index (κ2) is 6.93. The summed E-state index contributed by atoms with van der Waals surface area (Å²) >= 11 is 0. The van der Waals surface area contributed by atoms with Gasteiger partial charge in [0.05, 0.1) is 5.84 Å². The summed E-state index contributed by atoms with van der Waals surface area (Å²) in [6, 6.07) is 0.679. The molecule has 0 atom stereocenters. The second-order valence-corrected chi connectivity index (χ2v) is 5.51. The van der Waals surface area contributed by atoms with E-state index in [0.717, 1.165) is 31.1 Å². The van der Waals surface area contributed by atoms with E-state index in [1.54, 1.807) is 0 Å². The minimum atomic E-state index is 0.679. The first kappa shape index (κ1) is 13.5. The maximum Gasteiger partial charge on any atom is 0.0960 e. The minimum absolute atomic E-state index is 0.679. The highest BCUT2D eigenvalue weighted by Crippen LogP contribution is 2.25. The van der Waals surface area contributed by atoms with Gasteiger partial charge in [0, 0.05) is 19.0 Å². The summed E-state index contributed by atoms with van der Waals surface area (Å²) in [6.07, 6.45) is 8.62. The van der Waals surface area contributed by atoms with E-state index in [2.05, 4.69) is 25.7 Å². The van der Waals surface area contributed by atoms with Gasteiger partial charge in [0.1, 0.15) is 0 Å². The molecule has 0 heterocycles. The zero-order chi connectivity index (χ0) is 12.0. The third-order valence-corrected chi connectivity index (χ3v) is 3.55. The Morgan fingerprint density at radius 2 is 1.94 bits per heavy atom. The topological polar surface area (TPSA) is 27.1 Å². The van der Waals surface area contributed by atoms with Gasteiger partial charge in [-0.05, 0) is 31.6 Å². The number of rotatable bonds is 6. The zero-order valence-corrected chi connectivity index (χ0v) is 11.3. The van der Waals surface area contributed by atoms with E-state index >= 15 is 0 Å². The van der Waals surface area contributed by atoms with Crippen LogP contribution >= 0.6 is 0 Å². The fourth-order valence-electron chi connectivity index (χ4n) is 2.53. The molecule has 2 nitrogen and oxygen atoms in total. The third kappa shape index (κ3) is 4.15. The molecule has 0 aliphatic heterocycles. The van der Waals surface area contributed by atoms with Crippen LogP contribution in [0.5, 0.6) is 0 Å². The van der Waals surface area contributed by atoms with E-state index in [1.807, 2.05) is 0 Å². The Morgan fingerprint density at radius 3 is 2.44 bits per heavy atom. The van der Waals surface area contributed by atoms with Crippen LogP contribution in [-0.2, 0) is 0 Å². The summed E-state index contributed by atoms with van der Waals surface area (Å²) in [7, 11) is 0. The van der Waals surface area contributed by atoms with Gasteiger partial charge < -0.3 is 4.90 Å². The van der Waals surface area contributed by atoms with Crippen LogP contribution in [0, 0.1) is 11.3 Å². The molecule has 1 N–H and O–H groups in total. The molecule has 0 saturated heterocycles. The summed E-state index contributed by atoms with van der Waals surface area (Å²) in [5, 5.41) is 8.18. The number of hydrogen-bond acceptors (Lipinski definition) is 1. The van der Waals surface area contributed by atoms with Gasteiger partial charge in [-0.1, -0.05) is 33.6 Å². The highest BCUT2D eigenvalue weighted by Gasteiger charge is 2.23. The number of nitrogens with one attached hydrogen (secondary N) is 1. The second-order valence-electron chi connectivity index (χ2n) is 5.51. The fraction of sp³-hybridized carbons (Fsp3) is 0.929. The normalized spacial score (nSPS) is 17.0. The van der Waals surface area contributed by atoms with Crippen molar-refractivity contribution in [1.29, 1.82) is 5.41 Å². The van der Waals surface area contributed by atoms with Crippen molar-refractivity contribution in [3.8, 4) is 0 Å². The van der Waals surface area contributed by atoms with Crippen molar-refractivity contribution in [2.45, 2.75) is 71.8 Å². The molecule has 0 aromatic heterocycles. The van der Waals surface area contributed by atoms with E-state index in [0.29, 0.717) is 6.04 Å². The predicted molar refractivity (Wildman–Crippen MR) is 71.1 cm³/mol. The van der Waals surface area contributed by atoms with Crippen LogP contribution in [0.15, 0.2) is 0 Å². The van der Waals surface area contributed by atoms with Crippen molar-refractivity contribution in [2.75, 3.05) is 6.54 Å². The Balaban J connectivity index is 2.49. The summed E-state index contributed by atoms with van der Waals surface area (Å²) in [5.74, 6) is 1.63. The molecule has 2 heteroatoms. The molecule has 1 aliphatic carbocycles. The average Bonchev–Trinajstić information content (AvgIpc) is 2.71. The molecule has 0 bridgehead atoms. The number of amidine groups is 1. The number of nitrogens with zero attached hydrogens (tertiary/aromatic N) is 1. The lowest BCUT2D eigenvalue weighted by Gasteiger charge is -2.32. The molecule has 0 spiro atoms. The molecule has 0 amide bonds. The monoisotopic (exact) mass is 224 g/mol. The first-order valence-corrected chi connectivity index (χ1v) is 6.99. The molecule has 1 fully saturated rings. The van der Waals surface area contributed by atoms with Gasteiger partial charge in [0.15, 0.2) is 0 Å². The lowest BCUT2D eigenvalue weighted by atomic mass is 10.1. The van der Waals surface area contributed by atoms with E-state index in [-0.39, 0.29) is 0 Å². The van der Waals surface area contributed by atoms with Crippen molar-refractivity contribution >= 4 is 5.84 Å². The van der Waals surface area contributed by atoms with Crippen LogP contribution in [0.2, 0.25) is 0 Å². The quantitative estimate of drug-likeness (QED) is 0.535. The molecule has 16 heavy (non-hydrogen) atoms. The molecule has 1 rings (SSSR count). The van der Waals surface area contributed by atoms with E-state index in [9.17, 15) is 0 Å². The van der Waals surface area contributed by atoms with Crippen molar-refractivity contribution in [1.82, 2.24) is 4.90 Å². The Morgan fingerprint density at radius 1 is 1.31 bits per heavy atom. The smallest absolute Gasteiger partial charge is 0.0960 e. The van der Waals surface area contributed by atoms with Gasteiger partial charge in [-0.3, -0.25) is 5.41 Å². The van der Waals surface area contributed by atoms with Crippen LogP contribution < -0.4 is 0 Å². The van der Waals surface area contributed by atoms with E-state index < -0.39 is 0 Å². The highest BCUT2D eigenvalue weighted by atomic mass is 15.2. The summed E-state index contributed by atoms with van der Waals surface area (Å²) in [6.45, 7) is 7.82. The predicted octanol–water partition coefficient (Wildman–Crippen LogP) is 4.05. The summed E-state index contributed by atoms with van der Waals surface area (Å²) in [5.41, 5.74) is 0. The van der Waals surface area contributed by atoms with Crippen molar-refractivity contribution in [2.24, 2.45) is 5.92 Å². The van der Waals surface area contributed by atoms with Gasteiger partial charge in [-0.15, -0.1) is 0 Å². The highest BCUT2D eigenvalue weighted by molar-refractivity contribution is 5.79. The standard InChI is InChI=1S/C14H28N2/c1-4-7-14(15)16(11-10-12(2)3)13-8-5-6-9-13/h12-13,15H,4-11H2,1-3H3. The Labute approximate surface area is 101 Å². The largest absolute Gasteiger partial charge is 0.358 e. The van der Waals surface area contributed by atoms with Gasteiger partial charge in [-0.2, -0.15) is 0 Å². The Hall–Kier alpha value is -0.530. The van der Waals surface area contributed by atoms with E-state index in [4.69, 9.17) is 5.41 Å². The number of hydrogen-bond donors (Lipinski definition) is 1. The molecule has 94 valence electrons.